The summed E-state index contributed by atoms with van der Waals surface area (Å²) < 4.78 is 2.59. The maximum absolute atomic E-state index is 11.6. The van der Waals surface area contributed by atoms with E-state index in [1.165, 1.54) is 0 Å². The molecule has 0 amide bonds. The first-order chi connectivity index (χ1) is 6.77. The fourth-order valence-corrected chi connectivity index (χ4v) is 1.68. The van der Waals surface area contributed by atoms with Crippen molar-refractivity contribution in [2.45, 2.75) is 0 Å². The summed E-state index contributed by atoms with van der Waals surface area (Å²) in [6, 6.07) is 13.1. The van der Waals surface area contributed by atoms with Crippen molar-refractivity contribution < 1.29 is 0 Å². The molecule has 2 rings (SSSR count). The molecule has 0 radical (unpaired) electrons. The Bertz CT molecular complexity index is 490. The molecule has 1 heterocycles. The molecule has 0 fully saturated rings. The molecule has 0 saturated heterocycles. The molecule has 70 valence electrons. The van der Waals surface area contributed by atoms with Crippen LogP contribution in [-0.2, 0) is 0 Å². The average molecular weight is 297 g/mol. The van der Waals surface area contributed by atoms with Gasteiger partial charge in [0.1, 0.15) is 0 Å². The van der Waals surface area contributed by atoms with E-state index >= 15 is 0 Å². The molecular formula is C11H8INO. The molecule has 3 heteroatoms. The summed E-state index contributed by atoms with van der Waals surface area (Å²) >= 11 is 2.13. The Morgan fingerprint density at radius 2 is 1.79 bits per heavy atom. The summed E-state index contributed by atoms with van der Waals surface area (Å²) in [5, 5.41) is 0. The molecule has 0 aliphatic heterocycles. The van der Waals surface area contributed by atoms with Crippen LogP contribution < -0.4 is 5.56 Å². The lowest BCUT2D eigenvalue weighted by Crippen LogP contribution is -2.16. The molecule has 0 N–H and O–H groups in total. The maximum atomic E-state index is 11.6. The van der Waals surface area contributed by atoms with E-state index in [4.69, 9.17) is 0 Å². The number of pyridine rings is 1. The van der Waals surface area contributed by atoms with E-state index < -0.39 is 0 Å². The zero-order chi connectivity index (χ0) is 9.97. The molecule has 1 aromatic carbocycles. The van der Waals surface area contributed by atoms with Gasteiger partial charge in [0, 0.05) is 21.5 Å². The lowest BCUT2D eigenvalue weighted by Gasteiger charge is -2.04. The van der Waals surface area contributed by atoms with Crippen molar-refractivity contribution in [2.75, 3.05) is 0 Å². The quantitative estimate of drug-likeness (QED) is 0.741. The van der Waals surface area contributed by atoms with Crippen molar-refractivity contribution in [1.29, 1.82) is 0 Å². The highest BCUT2D eigenvalue weighted by molar-refractivity contribution is 14.1. The Balaban J connectivity index is 2.59. The predicted molar refractivity (Wildman–Crippen MR) is 64.8 cm³/mol. The summed E-state index contributed by atoms with van der Waals surface area (Å²) in [7, 11) is 0. The van der Waals surface area contributed by atoms with Gasteiger partial charge in [-0.3, -0.25) is 9.36 Å². The van der Waals surface area contributed by atoms with Gasteiger partial charge in [0.15, 0.2) is 0 Å². The summed E-state index contributed by atoms with van der Waals surface area (Å²) in [5.41, 5.74) is 0.900. The number of para-hydroxylation sites is 1. The van der Waals surface area contributed by atoms with Gasteiger partial charge in [-0.1, -0.05) is 18.2 Å². The third kappa shape index (κ3) is 1.87. The van der Waals surface area contributed by atoms with E-state index in [0.29, 0.717) is 0 Å². The van der Waals surface area contributed by atoms with E-state index in [1.54, 1.807) is 16.8 Å². The summed E-state index contributed by atoms with van der Waals surface area (Å²) in [6.45, 7) is 0. The molecule has 14 heavy (non-hydrogen) atoms. The minimum atomic E-state index is 0.00287. The first kappa shape index (κ1) is 9.45. The van der Waals surface area contributed by atoms with E-state index in [9.17, 15) is 4.79 Å². The van der Waals surface area contributed by atoms with Crippen LogP contribution in [-0.4, -0.2) is 4.57 Å². The molecule has 0 bridgehead atoms. The van der Waals surface area contributed by atoms with Crippen molar-refractivity contribution in [3.8, 4) is 5.69 Å². The molecule has 0 aliphatic rings. The minimum absolute atomic E-state index is 0.00287. The van der Waals surface area contributed by atoms with Gasteiger partial charge in [0.05, 0.1) is 0 Å². The topological polar surface area (TPSA) is 22.0 Å². The SMILES string of the molecule is O=c1cc(I)ccn1-c1ccccc1. The smallest absolute Gasteiger partial charge is 0.256 e. The molecule has 0 spiro atoms. The van der Waals surface area contributed by atoms with Crippen LogP contribution in [0.4, 0.5) is 0 Å². The zero-order valence-electron chi connectivity index (χ0n) is 7.35. The zero-order valence-corrected chi connectivity index (χ0v) is 9.51. The van der Waals surface area contributed by atoms with Gasteiger partial charge in [-0.05, 0) is 40.8 Å². The number of halogens is 1. The van der Waals surface area contributed by atoms with Gasteiger partial charge in [-0.2, -0.15) is 0 Å². The molecule has 0 saturated carbocycles. The Morgan fingerprint density at radius 3 is 2.43 bits per heavy atom. The van der Waals surface area contributed by atoms with E-state index in [0.717, 1.165) is 9.26 Å². The Morgan fingerprint density at radius 1 is 1.07 bits per heavy atom. The average Bonchev–Trinajstić information content (AvgIpc) is 2.19. The van der Waals surface area contributed by atoms with Gasteiger partial charge in [0.2, 0.25) is 0 Å². The second kappa shape index (κ2) is 3.96. The van der Waals surface area contributed by atoms with Gasteiger partial charge in [-0.15, -0.1) is 0 Å². The Kier molecular flexibility index (Phi) is 2.67. The third-order valence-electron chi connectivity index (χ3n) is 1.92. The van der Waals surface area contributed by atoms with Crippen molar-refractivity contribution >= 4 is 22.6 Å². The summed E-state index contributed by atoms with van der Waals surface area (Å²) in [4.78, 5) is 11.6. The fraction of sp³-hybridized carbons (Fsp3) is 0. The highest BCUT2D eigenvalue weighted by Gasteiger charge is 1.97. The number of hydrogen-bond acceptors (Lipinski definition) is 1. The van der Waals surface area contributed by atoms with Crippen molar-refractivity contribution in [1.82, 2.24) is 4.57 Å². The van der Waals surface area contributed by atoms with Crippen LogP contribution in [0.25, 0.3) is 5.69 Å². The van der Waals surface area contributed by atoms with E-state index in [2.05, 4.69) is 22.6 Å². The first-order valence-corrected chi connectivity index (χ1v) is 5.29. The maximum Gasteiger partial charge on any atom is 0.256 e. The second-order valence-electron chi connectivity index (χ2n) is 2.89. The van der Waals surface area contributed by atoms with Crippen LogP contribution in [0.3, 0.4) is 0 Å². The van der Waals surface area contributed by atoms with Crippen LogP contribution in [0.5, 0.6) is 0 Å². The van der Waals surface area contributed by atoms with E-state index in [-0.39, 0.29) is 5.56 Å². The monoisotopic (exact) mass is 297 g/mol. The van der Waals surface area contributed by atoms with Crippen LogP contribution >= 0.6 is 22.6 Å². The van der Waals surface area contributed by atoms with Crippen LogP contribution in [0.2, 0.25) is 0 Å². The van der Waals surface area contributed by atoms with E-state index in [1.807, 2.05) is 36.4 Å². The van der Waals surface area contributed by atoms with Gasteiger partial charge in [-0.25, -0.2) is 0 Å². The van der Waals surface area contributed by atoms with Crippen LogP contribution in [0, 0.1) is 3.57 Å². The summed E-state index contributed by atoms with van der Waals surface area (Å²) in [5.74, 6) is 0. The van der Waals surface area contributed by atoms with Gasteiger partial charge >= 0.3 is 0 Å². The number of hydrogen-bond donors (Lipinski definition) is 0. The highest BCUT2D eigenvalue weighted by Crippen LogP contribution is 2.05. The standard InChI is InChI=1S/C11H8INO/c12-9-6-7-13(11(14)8-9)10-4-2-1-3-5-10/h1-8H. The minimum Gasteiger partial charge on any atom is -0.284 e. The Hall–Kier alpha value is -1.10. The van der Waals surface area contributed by atoms with Crippen molar-refractivity contribution in [3.63, 3.8) is 0 Å². The number of aromatic nitrogens is 1. The number of nitrogens with zero attached hydrogens (tertiary/aromatic N) is 1. The van der Waals surface area contributed by atoms with Gasteiger partial charge in [0.25, 0.3) is 5.56 Å². The summed E-state index contributed by atoms with van der Waals surface area (Å²) in [6.07, 6.45) is 1.79. The normalized spacial score (nSPS) is 10.1. The second-order valence-corrected chi connectivity index (χ2v) is 4.13. The van der Waals surface area contributed by atoms with Crippen LogP contribution in [0.15, 0.2) is 53.5 Å². The van der Waals surface area contributed by atoms with Gasteiger partial charge < -0.3 is 0 Å². The number of benzene rings is 1. The van der Waals surface area contributed by atoms with Crippen LogP contribution in [0.1, 0.15) is 0 Å². The third-order valence-corrected chi connectivity index (χ3v) is 2.59. The largest absolute Gasteiger partial charge is 0.284 e. The first-order valence-electron chi connectivity index (χ1n) is 4.21. The molecule has 0 aliphatic carbocycles. The molecule has 2 nitrogen and oxygen atoms in total. The number of rotatable bonds is 1. The van der Waals surface area contributed by atoms with Crippen molar-refractivity contribution in [2.24, 2.45) is 0 Å². The Labute approximate surface area is 95.3 Å². The molecule has 1 aromatic heterocycles. The lowest BCUT2D eigenvalue weighted by atomic mass is 10.3. The van der Waals surface area contributed by atoms with Crippen molar-refractivity contribution in [3.05, 3.63) is 62.6 Å². The molecule has 2 aromatic rings. The highest BCUT2D eigenvalue weighted by atomic mass is 127. The molecule has 0 atom stereocenters. The fourth-order valence-electron chi connectivity index (χ4n) is 1.26. The molecule has 0 unspecified atom stereocenters. The molecular weight excluding hydrogens is 289 g/mol. The predicted octanol–water partition coefficient (Wildman–Crippen LogP) is 2.44. The lowest BCUT2D eigenvalue weighted by molar-refractivity contribution is 0.986.